The van der Waals surface area contributed by atoms with Gasteiger partial charge >= 0.3 is 0 Å². The molecule has 0 spiro atoms. The zero-order valence-corrected chi connectivity index (χ0v) is 11.8. The Balaban J connectivity index is 2.02. The number of carbonyl (C=O) groups excluding carboxylic acids is 1. The molecule has 1 amide bonds. The van der Waals surface area contributed by atoms with Crippen LogP contribution in [0.3, 0.4) is 0 Å². The first-order valence-electron chi connectivity index (χ1n) is 6.97. The Labute approximate surface area is 119 Å². The third-order valence-corrected chi connectivity index (χ3v) is 3.83. The molecule has 0 radical (unpaired) electrons. The Kier molecular flexibility index (Phi) is 5.11. The van der Waals surface area contributed by atoms with E-state index >= 15 is 0 Å². The van der Waals surface area contributed by atoms with E-state index in [2.05, 4.69) is 10.6 Å². The maximum Gasteiger partial charge on any atom is 0.256 e. The highest BCUT2D eigenvalue weighted by Gasteiger charge is 2.39. The lowest BCUT2D eigenvalue weighted by atomic mass is 9.91. The number of carbonyl (C=O) groups is 1. The van der Waals surface area contributed by atoms with Gasteiger partial charge in [0, 0.05) is 19.4 Å². The number of benzene rings is 1. The predicted octanol–water partition coefficient (Wildman–Crippen LogP) is 0.928. The van der Waals surface area contributed by atoms with Crippen LogP contribution in [-0.4, -0.2) is 43.4 Å². The third-order valence-electron chi connectivity index (χ3n) is 3.83. The van der Waals surface area contributed by atoms with Crippen molar-refractivity contribution in [2.75, 3.05) is 32.1 Å². The molecule has 1 fully saturated rings. The van der Waals surface area contributed by atoms with Crippen molar-refractivity contribution < 1.29 is 14.6 Å². The van der Waals surface area contributed by atoms with Crippen molar-refractivity contribution in [2.24, 2.45) is 0 Å². The number of amides is 1. The average molecular weight is 278 g/mol. The quantitative estimate of drug-likeness (QED) is 0.749. The smallest absolute Gasteiger partial charge is 0.256 e. The summed E-state index contributed by atoms with van der Waals surface area (Å²) >= 11 is 0. The number of nitrogens with one attached hydrogen (secondary N) is 2. The van der Waals surface area contributed by atoms with Crippen LogP contribution in [0.5, 0.6) is 0 Å². The molecular weight excluding hydrogens is 256 g/mol. The number of rotatable bonds is 5. The second kappa shape index (κ2) is 6.83. The van der Waals surface area contributed by atoms with E-state index in [-0.39, 0.29) is 12.5 Å². The van der Waals surface area contributed by atoms with Gasteiger partial charge < -0.3 is 20.5 Å². The molecule has 0 atom stereocenters. The van der Waals surface area contributed by atoms with Crippen LogP contribution in [-0.2, 0) is 16.0 Å². The van der Waals surface area contributed by atoms with Gasteiger partial charge in [-0.25, -0.2) is 0 Å². The van der Waals surface area contributed by atoms with Gasteiger partial charge in [0.15, 0.2) is 0 Å². The van der Waals surface area contributed by atoms with Crippen LogP contribution in [0.2, 0.25) is 0 Å². The number of aliphatic hydroxyl groups excluding tert-OH is 1. The Morgan fingerprint density at radius 2 is 2.00 bits per heavy atom. The van der Waals surface area contributed by atoms with Gasteiger partial charge in [0.1, 0.15) is 5.60 Å². The number of ether oxygens (including phenoxy) is 1. The van der Waals surface area contributed by atoms with Crippen LogP contribution < -0.4 is 10.6 Å². The van der Waals surface area contributed by atoms with E-state index in [0.717, 1.165) is 24.3 Å². The van der Waals surface area contributed by atoms with Gasteiger partial charge in [-0.05, 0) is 50.0 Å². The van der Waals surface area contributed by atoms with Crippen molar-refractivity contribution in [1.82, 2.24) is 5.32 Å². The van der Waals surface area contributed by atoms with E-state index in [1.54, 1.807) is 7.11 Å². The minimum Gasteiger partial charge on any atom is -0.396 e. The van der Waals surface area contributed by atoms with Crippen molar-refractivity contribution in [3.05, 3.63) is 29.8 Å². The zero-order chi connectivity index (χ0) is 14.4. The van der Waals surface area contributed by atoms with Gasteiger partial charge in [0.25, 0.3) is 5.91 Å². The van der Waals surface area contributed by atoms with Crippen LogP contribution in [0.15, 0.2) is 24.3 Å². The molecule has 2 rings (SSSR count). The minimum atomic E-state index is -0.727. The molecule has 5 heteroatoms. The largest absolute Gasteiger partial charge is 0.396 e. The maximum atomic E-state index is 12.4. The molecule has 5 nitrogen and oxygen atoms in total. The second-order valence-corrected chi connectivity index (χ2v) is 5.07. The molecule has 20 heavy (non-hydrogen) atoms. The fraction of sp³-hybridized carbons (Fsp3) is 0.533. The van der Waals surface area contributed by atoms with Crippen LogP contribution in [0, 0.1) is 0 Å². The Morgan fingerprint density at radius 1 is 1.35 bits per heavy atom. The normalized spacial score (nSPS) is 17.7. The number of aliphatic hydroxyl groups is 1. The lowest BCUT2D eigenvalue weighted by Crippen LogP contribution is -2.51. The minimum absolute atomic E-state index is 0.0867. The summed E-state index contributed by atoms with van der Waals surface area (Å²) in [6.07, 6.45) is 1.98. The van der Waals surface area contributed by atoms with E-state index < -0.39 is 5.60 Å². The van der Waals surface area contributed by atoms with Gasteiger partial charge in [-0.3, -0.25) is 4.79 Å². The number of hydrogen-bond acceptors (Lipinski definition) is 4. The fourth-order valence-corrected chi connectivity index (χ4v) is 2.48. The highest BCUT2D eigenvalue weighted by molar-refractivity contribution is 5.97. The van der Waals surface area contributed by atoms with E-state index in [4.69, 9.17) is 9.84 Å². The van der Waals surface area contributed by atoms with Crippen molar-refractivity contribution in [2.45, 2.75) is 24.9 Å². The summed E-state index contributed by atoms with van der Waals surface area (Å²) in [5.74, 6) is -0.0867. The van der Waals surface area contributed by atoms with Crippen molar-refractivity contribution in [3.8, 4) is 0 Å². The van der Waals surface area contributed by atoms with Crippen LogP contribution in [0.4, 0.5) is 5.69 Å². The number of hydrogen-bond donors (Lipinski definition) is 3. The molecule has 1 aromatic rings. The Hall–Kier alpha value is -1.43. The van der Waals surface area contributed by atoms with Crippen molar-refractivity contribution in [3.63, 3.8) is 0 Å². The van der Waals surface area contributed by atoms with Gasteiger partial charge in [-0.15, -0.1) is 0 Å². The predicted molar refractivity (Wildman–Crippen MR) is 77.7 cm³/mol. The topological polar surface area (TPSA) is 70.6 Å². The monoisotopic (exact) mass is 278 g/mol. The maximum absolute atomic E-state index is 12.4. The lowest BCUT2D eigenvalue weighted by Gasteiger charge is -2.34. The highest BCUT2D eigenvalue weighted by atomic mass is 16.5. The Morgan fingerprint density at radius 3 is 2.55 bits per heavy atom. The van der Waals surface area contributed by atoms with Crippen LogP contribution >= 0.6 is 0 Å². The average Bonchev–Trinajstić information content (AvgIpc) is 2.50. The summed E-state index contributed by atoms with van der Waals surface area (Å²) in [5, 5.41) is 15.0. The van der Waals surface area contributed by atoms with E-state index in [9.17, 15) is 4.79 Å². The van der Waals surface area contributed by atoms with E-state index in [1.807, 2.05) is 24.3 Å². The molecule has 1 aliphatic rings. The standard InChI is InChI=1S/C15H22N2O3/c1-20-15(7-9-16-10-8-15)14(19)17-13-4-2-12(3-5-13)6-11-18/h2-5,16,18H,6-11H2,1H3,(H,17,19). The first-order chi connectivity index (χ1) is 9.70. The van der Waals surface area contributed by atoms with Crippen LogP contribution in [0.1, 0.15) is 18.4 Å². The van der Waals surface area contributed by atoms with Gasteiger partial charge in [-0.1, -0.05) is 12.1 Å². The molecule has 0 unspecified atom stereocenters. The summed E-state index contributed by atoms with van der Waals surface area (Å²) in [6.45, 7) is 1.71. The summed E-state index contributed by atoms with van der Waals surface area (Å²) in [7, 11) is 1.59. The lowest BCUT2D eigenvalue weighted by molar-refractivity contribution is -0.140. The Bertz CT molecular complexity index is 439. The van der Waals surface area contributed by atoms with Crippen LogP contribution in [0.25, 0.3) is 0 Å². The molecular formula is C15H22N2O3. The molecule has 1 aliphatic heterocycles. The molecule has 1 saturated heterocycles. The fourth-order valence-electron chi connectivity index (χ4n) is 2.48. The zero-order valence-electron chi connectivity index (χ0n) is 11.8. The molecule has 0 aliphatic carbocycles. The van der Waals surface area contributed by atoms with E-state index in [1.165, 1.54) is 0 Å². The molecule has 0 aromatic heterocycles. The number of methoxy groups -OCH3 is 1. The molecule has 1 aromatic carbocycles. The van der Waals surface area contributed by atoms with Gasteiger partial charge in [0.05, 0.1) is 0 Å². The highest BCUT2D eigenvalue weighted by Crippen LogP contribution is 2.24. The van der Waals surface area contributed by atoms with E-state index in [0.29, 0.717) is 19.3 Å². The summed E-state index contributed by atoms with van der Waals surface area (Å²) in [6, 6.07) is 7.53. The number of anilines is 1. The van der Waals surface area contributed by atoms with Gasteiger partial charge in [-0.2, -0.15) is 0 Å². The third kappa shape index (κ3) is 3.36. The molecule has 3 N–H and O–H groups in total. The second-order valence-electron chi connectivity index (χ2n) is 5.07. The van der Waals surface area contributed by atoms with Gasteiger partial charge in [0.2, 0.25) is 0 Å². The molecule has 110 valence electrons. The van der Waals surface area contributed by atoms with Crippen molar-refractivity contribution >= 4 is 11.6 Å². The first kappa shape index (κ1) is 15.0. The summed E-state index contributed by atoms with van der Waals surface area (Å²) < 4.78 is 5.49. The molecule has 0 bridgehead atoms. The number of piperidine rings is 1. The summed E-state index contributed by atoms with van der Waals surface area (Å²) in [5.41, 5.74) is 1.08. The summed E-state index contributed by atoms with van der Waals surface area (Å²) in [4.78, 5) is 12.4. The SMILES string of the molecule is COC1(C(=O)Nc2ccc(CCO)cc2)CCNCC1. The van der Waals surface area contributed by atoms with Crippen molar-refractivity contribution in [1.29, 1.82) is 0 Å². The first-order valence-corrected chi connectivity index (χ1v) is 6.97. The molecule has 0 saturated carbocycles. The molecule has 1 heterocycles.